The predicted molar refractivity (Wildman–Crippen MR) is 145 cm³/mol. The van der Waals surface area contributed by atoms with E-state index in [4.69, 9.17) is 9.72 Å². The van der Waals surface area contributed by atoms with E-state index in [0.717, 1.165) is 54.1 Å². The molecule has 8 nitrogen and oxygen atoms in total. The first-order valence-electron chi connectivity index (χ1n) is 13.1. The Hall–Kier alpha value is -3.72. The normalized spacial score (nSPS) is 16.6. The molecular formula is C29H32N4O4S. The molecule has 3 heterocycles. The fraction of sp³-hybridized carbons (Fsp3) is 0.379. The second-order valence-corrected chi connectivity index (χ2v) is 10.8. The molecule has 0 N–H and O–H groups in total. The summed E-state index contributed by atoms with van der Waals surface area (Å²) in [6.45, 7) is 3.50. The lowest BCUT2D eigenvalue weighted by atomic mass is 10.1. The van der Waals surface area contributed by atoms with Crippen molar-refractivity contribution in [2.24, 2.45) is 5.92 Å². The quantitative estimate of drug-likeness (QED) is 0.189. The van der Waals surface area contributed by atoms with Gasteiger partial charge in [0.25, 0.3) is 5.91 Å². The number of ether oxygens (including phenoxy) is 1. The van der Waals surface area contributed by atoms with E-state index in [9.17, 15) is 14.4 Å². The molecule has 2 fully saturated rings. The van der Waals surface area contributed by atoms with Crippen molar-refractivity contribution in [2.75, 3.05) is 13.7 Å². The van der Waals surface area contributed by atoms with E-state index >= 15 is 0 Å². The van der Waals surface area contributed by atoms with Crippen molar-refractivity contribution >= 4 is 35.3 Å². The van der Waals surface area contributed by atoms with Gasteiger partial charge in [0.15, 0.2) is 0 Å². The summed E-state index contributed by atoms with van der Waals surface area (Å²) in [4.78, 5) is 47.5. The standard InChI is InChI=1S/C29H32N4O4S/c1-3-4-7-26-30-16-23(31(26)17-21-10-12-22(13-11-21)28(35)37-2)15-25-27(34)33(18-20-8-9-20)29(36)32(25)19-24-6-5-14-38-24/h5-6,10-16,20H,3-4,7-9,17-19H2,1-2H3/b25-15-. The maximum Gasteiger partial charge on any atom is 0.337 e. The number of imide groups is 1. The van der Waals surface area contributed by atoms with Crippen molar-refractivity contribution in [3.05, 3.63) is 81.2 Å². The minimum absolute atomic E-state index is 0.247. The van der Waals surface area contributed by atoms with Crippen LogP contribution in [0.2, 0.25) is 0 Å². The number of methoxy groups -OCH3 is 1. The van der Waals surface area contributed by atoms with Crippen molar-refractivity contribution < 1.29 is 19.1 Å². The number of imidazole rings is 1. The molecule has 2 aliphatic rings. The summed E-state index contributed by atoms with van der Waals surface area (Å²) in [7, 11) is 1.37. The van der Waals surface area contributed by atoms with E-state index in [2.05, 4.69) is 11.5 Å². The monoisotopic (exact) mass is 532 g/mol. The minimum atomic E-state index is -0.376. The number of hydrogen-bond acceptors (Lipinski definition) is 6. The first kappa shape index (κ1) is 25.9. The van der Waals surface area contributed by atoms with Crippen molar-refractivity contribution in [1.29, 1.82) is 0 Å². The maximum absolute atomic E-state index is 13.5. The van der Waals surface area contributed by atoms with Gasteiger partial charge < -0.3 is 9.30 Å². The Labute approximate surface area is 226 Å². The molecule has 1 saturated carbocycles. The largest absolute Gasteiger partial charge is 0.465 e. The van der Waals surface area contributed by atoms with E-state index < -0.39 is 0 Å². The van der Waals surface area contributed by atoms with Crippen LogP contribution in [0.5, 0.6) is 0 Å². The van der Waals surface area contributed by atoms with Gasteiger partial charge in [0.2, 0.25) is 0 Å². The molecule has 1 aromatic carbocycles. The molecule has 198 valence electrons. The molecular weight excluding hydrogens is 500 g/mol. The molecule has 0 bridgehead atoms. The highest BCUT2D eigenvalue weighted by Gasteiger charge is 2.43. The number of amides is 3. The van der Waals surface area contributed by atoms with Crippen molar-refractivity contribution in [3.63, 3.8) is 0 Å². The van der Waals surface area contributed by atoms with E-state index in [1.54, 1.807) is 34.6 Å². The Morgan fingerprint density at radius 1 is 1.13 bits per heavy atom. The summed E-state index contributed by atoms with van der Waals surface area (Å²) in [5.41, 5.74) is 2.64. The third-order valence-electron chi connectivity index (χ3n) is 6.97. The number of hydrogen-bond donors (Lipinski definition) is 0. The Bertz CT molecular complexity index is 1340. The molecule has 1 saturated heterocycles. The number of rotatable bonds is 11. The number of benzene rings is 1. The molecule has 3 amide bonds. The number of thiophene rings is 1. The molecule has 2 aromatic heterocycles. The summed E-state index contributed by atoms with van der Waals surface area (Å²) in [6, 6.07) is 11.0. The molecule has 1 aliphatic carbocycles. The molecule has 0 spiro atoms. The van der Waals surface area contributed by atoms with Crippen molar-refractivity contribution in [2.45, 2.75) is 52.1 Å². The Balaban J connectivity index is 1.49. The third kappa shape index (κ3) is 5.57. The van der Waals surface area contributed by atoms with Gasteiger partial charge >= 0.3 is 12.0 Å². The fourth-order valence-corrected chi connectivity index (χ4v) is 5.30. The van der Waals surface area contributed by atoms with Gasteiger partial charge in [-0.15, -0.1) is 11.3 Å². The number of nitrogens with zero attached hydrogens (tertiary/aromatic N) is 4. The van der Waals surface area contributed by atoms with Gasteiger partial charge in [-0.05, 0) is 60.4 Å². The zero-order valence-corrected chi connectivity index (χ0v) is 22.6. The van der Waals surface area contributed by atoms with Gasteiger partial charge in [-0.1, -0.05) is 31.5 Å². The van der Waals surface area contributed by atoms with Crippen LogP contribution in [-0.2, 0) is 29.0 Å². The SMILES string of the molecule is CCCCc1ncc(/C=C2/C(=O)N(CC3CC3)C(=O)N2Cc2cccs2)n1Cc1ccc(C(=O)OC)cc1. The van der Waals surface area contributed by atoms with Crippen LogP contribution in [0, 0.1) is 5.92 Å². The number of esters is 1. The molecule has 0 radical (unpaired) electrons. The topological polar surface area (TPSA) is 84.7 Å². The number of carbonyl (C=O) groups excluding carboxylic acids is 3. The fourth-order valence-electron chi connectivity index (χ4n) is 4.61. The van der Waals surface area contributed by atoms with Crippen molar-refractivity contribution in [1.82, 2.24) is 19.4 Å². The molecule has 5 rings (SSSR count). The molecule has 9 heteroatoms. The summed E-state index contributed by atoms with van der Waals surface area (Å²) < 4.78 is 6.91. The van der Waals surface area contributed by atoms with E-state index in [1.807, 2.05) is 35.7 Å². The number of unbranched alkanes of at least 4 members (excludes halogenated alkanes) is 1. The maximum atomic E-state index is 13.5. The van der Waals surface area contributed by atoms with Gasteiger partial charge in [0.1, 0.15) is 11.5 Å². The molecule has 1 aliphatic heterocycles. The van der Waals surface area contributed by atoms with Gasteiger partial charge in [-0.25, -0.2) is 14.6 Å². The predicted octanol–water partition coefficient (Wildman–Crippen LogP) is 5.34. The van der Waals surface area contributed by atoms with Crippen molar-refractivity contribution in [3.8, 4) is 0 Å². The summed E-state index contributed by atoms with van der Waals surface area (Å²) in [5.74, 6) is 0.708. The lowest BCUT2D eigenvalue weighted by Gasteiger charge is -2.16. The molecule has 38 heavy (non-hydrogen) atoms. The van der Waals surface area contributed by atoms with Crippen LogP contribution < -0.4 is 0 Å². The Morgan fingerprint density at radius 2 is 1.92 bits per heavy atom. The highest BCUT2D eigenvalue weighted by molar-refractivity contribution is 7.09. The van der Waals surface area contributed by atoms with E-state index in [-0.39, 0.29) is 17.9 Å². The number of aromatic nitrogens is 2. The highest BCUT2D eigenvalue weighted by atomic mass is 32.1. The van der Waals surface area contributed by atoms with Gasteiger partial charge in [0, 0.05) is 24.4 Å². The molecule has 0 unspecified atom stereocenters. The number of aryl methyl sites for hydroxylation is 1. The van der Waals surface area contributed by atoms with Crippen LogP contribution in [-0.4, -0.2) is 50.9 Å². The third-order valence-corrected chi connectivity index (χ3v) is 7.83. The van der Waals surface area contributed by atoms with Crippen LogP contribution in [0.15, 0.2) is 53.7 Å². The zero-order chi connectivity index (χ0) is 26.6. The van der Waals surface area contributed by atoms with E-state index in [1.165, 1.54) is 12.0 Å². The lowest BCUT2D eigenvalue weighted by molar-refractivity contribution is -0.123. The zero-order valence-electron chi connectivity index (χ0n) is 21.8. The highest BCUT2D eigenvalue weighted by Crippen LogP contribution is 2.34. The number of carbonyl (C=O) groups is 3. The molecule has 0 atom stereocenters. The average Bonchev–Trinajstić information content (AvgIpc) is 3.38. The second-order valence-electron chi connectivity index (χ2n) is 9.81. The van der Waals surface area contributed by atoms with Gasteiger partial charge in [-0.3, -0.25) is 14.6 Å². The smallest absolute Gasteiger partial charge is 0.337 e. The first-order valence-corrected chi connectivity index (χ1v) is 14.0. The van der Waals surface area contributed by atoms with Gasteiger partial charge in [0.05, 0.1) is 31.1 Å². The van der Waals surface area contributed by atoms with Crippen LogP contribution >= 0.6 is 11.3 Å². The Morgan fingerprint density at radius 3 is 2.58 bits per heavy atom. The van der Waals surface area contributed by atoms with Gasteiger partial charge in [-0.2, -0.15) is 0 Å². The lowest BCUT2D eigenvalue weighted by Crippen LogP contribution is -2.34. The Kier molecular flexibility index (Phi) is 7.74. The second kappa shape index (κ2) is 11.3. The van der Waals surface area contributed by atoms with Crippen LogP contribution in [0.3, 0.4) is 0 Å². The molecule has 3 aromatic rings. The number of urea groups is 1. The summed E-state index contributed by atoms with van der Waals surface area (Å²) >= 11 is 1.57. The van der Waals surface area contributed by atoms with Crippen LogP contribution in [0.25, 0.3) is 6.08 Å². The summed E-state index contributed by atoms with van der Waals surface area (Å²) in [6.07, 6.45) is 8.55. The van der Waals surface area contributed by atoms with E-state index in [0.29, 0.717) is 36.8 Å². The average molecular weight is 533 g/mol. The van der Waals surface area contributed by atoms with Crippen LogP contribution in [0.1, 0.15) is 64.9 Å². The van der Waals surface area contributed by atoms with Crippen LogP contribution in [0.4, 0.5) is 4.79 Å². The minimum Gasteiger partial charge on any atom is -0.465 e. The summed E-state index contributed by atoms with van der Waals surface area (Å²) in [5, 5.41) is 1.98. The first-order chi connectivity index (χ1) is 18.5.